The van der Waals surface area contributed by atoms with Crippen molar-refractivity contribution in [2.75, 3.05) is 5.75 Å². The quantitative estimate of drug-likeness (QED) is 0.181. The van der Waals surface area contributed by atoms with Gasteiger partial charge in [-0.25, -0.2) is 9.97 Å². The molecule has 3 nitrogen and oxygen atoms in total. The number of nitrogens with zero attached hydrogens (tertiary/aromatic N) is 3. The lowest BCUT2D eigenvalue weighted by Gasteiger charge is -2.22. The Morgan fingerprint density at radius 2 is 1.30 bits per heavy atom. The Morgan fingerprint density at radius 1 is 0.625 bits per heavy atom. The fraction of sp³-hybridized carbons (Fsp3) is 0.0769. The second-order valence-corrected chi connectivity index (χ2v) is 16.4. The molecule has 11 rings (SSSR count). The maximum atomic E-state index is 5.56. The molecule has 2 aromatic heterocycles. The van der Waals surface area contributed by atoms with E-state index in [0.717, 1.165) is 50.4 Å². The normalized spacial score (nSPS) is 15.6. The van der Waals surface area contributed by atoms with Crippen molar-refractivity contribution >= 4 is 60.7 Å². The third kappa shape index (κ3) is 4.92. The van der Waals surface area contributed by atoms with Gasteiger partial charge in [-0.2, -0.15) is 0 Å². The number of hydrogen-bond acceptors (Lipinski definition) is 3. The highest BCUT2D eigenvalue weighted by Crippen LogP contribution is 2.50. The van der Waals surface area contributed by atoms with Crippen molar-refractivity contribution in [3.05, 3.63) is 187 Å². The fourth-order valence-electron chi connectivity index (χ4n) is 9.11. The zero-order valence-electron chi connectivity index (χ0n) is 31.3. The molecule has 7 aromatic carbocycles. The number of hydrogen-bond donors (Lipinski definition) is 0. The van der Waals surface area contributed by atoms with Gasteiger partial charge in [0.25, 0.3) is 0 Å². The van der Waals surface area contributed by atoms with E-state index in [0.29, 0.717) is 5.95 Å². The van der Waals surface area contributed by atoms with E-state index in [2.05, 4.69) is 182 Å². The minimum Gasteiger partial charge on any atom is -0.277 e. The van der Waals surface area contributed by atoms with E-state index in [-0.39, 0.29) is 5.41 Å². The number of benzene rings is 7. The Bertz CT molecular complexity index is 3200. The molecule has 3 heterocycles. The average Bonchev–Trinajstić information content (AvgIpc) is 3.73. The summed E-state index contributed by atoms with van der Waals surface area (Å²) in [6.45, 7) is 9.36. The summed E-state index contributed by atoms with van der Waals surface area (Å²) in [6, 6.07) is 50.6. The van der Waals surface area contributed by atoms with Gasteiger partial charge in [0, 0.05) is 43.5 Å². The number of aromatic nitrogens is 3. The second-order valence-electron chi connectivity index (χ2n) is 15.4. The van der Waals surface area contributed by atoms with Crippen LogP contribution in [0.25, 0.3) is 88.5 Å². The topological polar surface area (TPSA) is 30.7 Å². The number of para-hydroxylation sites is 1. The largest absolute Gasteiger partial charge is 0.277 e. The molecule has 0 amide bonds. The highest BCUT2D eigenvalue weighted by atomic mass is 32.2. The molecule has 1 aliphatic heterocycles. The van der Waals surface area contributed by atoms with Gasteiger partial charge in [0.15, 0.2) is 0 Å². The molecular formula is C52H37N3S. The van der Waals surface area contributed by atoms with E-state index in [1.165, 1.54) is 59.5 Å². The van der Waals surface area contributed by atoms with E-state index in [1.807, 2.05) is 11.8 Å². The highest BCUT2D eigenvalue weighted by molar-refractivity contribution is 7.99. The molecule has 0 fully saturated rings. The van der Waals surface area contributed by atoms with Crippen LogP contribution in [0.1, 0.15) is 30.5 Å². The molecule has 0 saturated carbocycles. The standard InChI is InChI=1S/C52H37N3S/c1-32-15-5-4-14-28-56-50-40-20-9-8-19-39(40)48-41-21-11-13-23-46(41)55(49(48)47(32)50)51-53-44(35-25-24-33-16-6-7-17-34(33)29-35)31-45(54-51)36-26-27-38-37-18-10-12-22-42(37)52(2,3)43(38)30-36/h4-27,29-31H,1,28H2,2-3H3/b14-4-,15-5-. The minimum absolute atomic E-state index is 0.137. The predicted molar refractivity (Wildman–Crippen MR) is 238 cm³/mol. The van der Waals surface area contributed by atoms with Crippen LogP contribution in [0.15, 0.2) is 175 Å². The third-order valence-electron chi connectivity index (χ3n) is 11.8. The first-order valence-electron chi connectivity index (χ1n) is 19.2. The Morgan fingerprint density at radius 3 is 2.16 bits per heavy atom. The average molecular weight is 736 g/mol. The highest BCUT2D eigenvalue weighted by Gasteiger charge is 2.35. The molecule has 0 unspecified atom stereocenters. The van der Waals surface area contributed by atoms with Gasteiger partial charge in [0.1, 0.15) is 0 Å². The molecule has 2 aliphatic rings. The Labute approximate surface area is 330 Å². The summed E-state index contributed by atoms with van der Waals surface area (Å²) >= 11 is 1.86. The summed E-state index contributed by atoms with van der Waals surface area (Å²) < 4.78 is 2.31. The monoisotopic (exact) mass is 735 g/mol. The number of thioether (sulfide) groups is 1. The summed E-state index contributed by atoms with van der Waals surface area (Å²) in [7, 11) is 0. The zero-order chi connectivity index (χ0) is 37.5. The Hall–Kier alpha value is -6.49. The maximum Gasteiger partial charge on any atom is 0.235 e. The van der Waals surface area contributed by atoms with Gasteiger partial charge in [-0.05, 0) is 73.6 Å². The molecule has 266 valence electrons. The molecule has 1 aliphatic carbocycles. The molecule has 0 radical (unpaired) electrons. The van der Waals surface area contributed by atoms with Crippen LogP contribution in [-0.2, 0) is 5.41 Å². The minimum atomic E-state index is -0.137. The Balaban J connectivity index is 1.24. The van der Waals surface area contributed by atoms with Crippen molar-refractivity contribution in [2.24, 2.45) is 0 Å². The van der Waals surface area contributed by atoms with Gasteiger partial charge in [0.2, 0.25) is 5.95 Å². The van der Waals surface area contributed by atoms with Crippen molar-refractivity contribution in [3.8, 4) is 39.6 Å². The van der Waals surface area contributed by atoms with E-state index in [4.69, 9.17) is 16.5 Å². The van der Waals surface area contributed by atoms with E-state index in [9.17, 15) is 0 Å². The molecule has 9 aromatic rings. The molecular weight excluding hydrogens is 699 g/mol. The summed E-state index contributed by atoms with van der Waals surface area (Å²) in [5, 5.41) is 7.19. The van der Waals surface area contributed by atoms with Crippen molar-refractivity contribution in [2.45, 2.75) is 24.2 Å². The summed E-state index contributed by atoms with van der Waals surface area (Å²) in [6.07, 6.45) is 8.59. The van der Waals surface area contributed by atoms with Gasteiger partial charge >= 0.3 is 0 Å². The van der Waals surface area contributed by atoms with Gasteiger partial charge < -0.3 is 0 Å². The van der Waals surface area contributed by atoms with Crippen LogP contribution in [0.2, 0.25) is 0 Å². The zero-order valence-corrected chi connectivity index (χ0v) is 32.1. The first kappa shape index (κ1) is 32.9. The van der Waals surface area contributed by atoms with Gasteiger partial charge in [0.05, 0.1) is 22.4 Å². The lowest BCUT2D eigenvalue weighted by atomic mass is 9.82. The first-order chi connectivity index (χ1) is 27.5. The predicted octanol–water partition coefficient (Wildman–Crippen LogP) is 13.8. The first-order valence-corrected chi connectivity index (χ1v) is 20.2. The van der Waals surface area contributed by atoms with Crippen molar-refractivity contribution < 1.29 is 0 Å². The SMILES string of the molecule is C=C1/C=C\C=C/CSc2c1c1c(c3ccccc23)c2ccccc2n1-c1nc(-c2ccc3c(c2)C(C)(C)c2ccccc2-3)cc(-c2ccc3ccccc3c2)n1. The second kappa shape index (κ2) is 12.5. The van der Waals surface area contributed by atoms with Gasteiger partial charge in [-0.1, -0.05) is 160 Å². The molecule has 0 spiro atoms. The van der Waals surface area contributed by atoms with Gasteiger partial charge in [-0.15, -0.1) is 11.8 Å². The molecule has 0 atom stereocenters. The summed E-state index contributed by atoms with van der Waals surface area (Å²) in [4.78, 5) is 12.3. The molecule has 56 heavy (non-hydrogen) atoms. The van der Waals surface area contributed by atoms with Crippen molar-refractivity contribution in [3.63, 3.8) is 0 Å². The van der Waals surface area contributed by atoms with Crippen molar-refractivity contribution in [1.29, 1.82) is 0 Å². The third-order valence-corrected chi connectivity index (χ3v) is 12.9. The van der Waals surface area contributed by atoms with Crippen LogP contribution < -0.4 is 0 Å². The molecule has 0 bridgehead atoms. The summed E-state index contributed by atoms with van der Waals surface area (Å²) in [5.74, 6) is 1.49. The Kier molecular flexibility index (Phi) is 7.36. The van der Waals surface area contributed by atoms with E-state index >= 15 is 0 Å². The van der Waals surface area contributed by atoms with Crippen LogP contribution in [0.4, 0.5) is 0 Å². The maximum absolute atomic E-state index is 5.56. The number of rotatable bonds is 3. The molecule has 0 N–H and O–H groups in total. The lowest BCUT2D eigenvalue weighted by molar-refractivity contribution is 0.660. The fourth-order valence-corrected chi connectivity index (χ4v) is 10.2. The molecule has 4 heteroatoms. The van der Waals surface area contributed by atoms with Gasteiger partial charge in [-0.3, -0.25) is 4.57 Å². The van der Waals surface area contributed by atoms with E-state index in [1.54, 1.807) is 0 Å². The number of allylic oxidation sites excluding steroid dienone is 4. The van der Waals surface area contributed by atoms with Crippen LogP contribution >= 0.6 is 11.8 Å². The van der Waals surface area contributed by atoms with Crippen LogP contribution in [0.5, 0.6) is 0 Å². The summed E-state index contributed by atoms with van der Waals surface area (Å²) in [5.41, 5.74) is 13.3. The lowest BCUT2D eigenvalue weighted by Crippen LogP contribution is -2.15. The molecule has 0 saturated heterocycles. The van der Waals surface area contributed by atoms with Crippen LogP contribution in [0.3, 0.4) is 0 Å². The van der Waals surface area contributed by atoms with E-state index < -0.39 is 0 Å². The van der Waals surface area contributed by atoms with Crippen molar-refractivity contribution in [1.82, 2.24) is 14.5 Å². The van der Waals surface area contributed by atoms with Crippen LogP contribution in [0, 0.1) is 0 Å². The number of fused-ring (bicyclic) bond motifs is 12. The smallest absolute Gasteiger partial charge is 0.235 e. The van der Waals surface area contributed by atoms with Crippen LogP contribution in [-0.4, -0.2) is 20.3 Å².